The fourth-order valence-corrected chi connectivity index (χ4v) is 3.01. The quantitative estimate of drug-likeness (QED) is 0.352. The standard InChI is InChI=1S/C22H25N3O5/c1-15(7-8-16-5-3-2-4-6-16)23-21(26)14-30-22(27)17-9-12-19(24-18-10-11-18)20(13-17)25(28)29/h2-6,9,12-13,15,18,24H,7-8,10-11,14H2,1H3,(H,23,26)/t15-/m1/s1. The number of nitro groups is 1. The molecule has 1 fully saturated rings. The van der Waals surface area contributed by atoms with Gasteiger partial charge in [-0.3, -0.25) is 14.9 Å². The van der Waals surface area contributed by atoms with Crippen LogP contribution in [-0.2, 0) is 16.0 Å². The Hall–Kier alpha value is -3.42. The van der Waals surface area contributed by atoms with Gasteiger partial charge in [0.05, 0.1) is 10.5 Å². The molecule has 0 aliphatic heterocycles. The third-order valence-corrected chi connectivity index (χ3v) is 4.82. The number of carbonyl (C=O) groups excluding carboxylic acids is 2. The van der Waals surface area contributed by atoms with Crippen molar-refractivity contribution in [3.63, 3.8) is 0 Å². The van der Waals surface area contributed by atoms with E-state index in [-0.39, 0.29) is 23.3 Å². The van der Waals surface area contributed by atoms with Gasteiger partial charge in [-0.2, -0.15) is 0 Å². The lowest BCUT2D eigenvalue weighted by Gasteiger charge is -2.14. The van der Waals surface area contributed by atoms with Crippen molar-refractivity contribution >= 4 is 23.3 Å². The van der Waals surface area contributed by atoms with Gasteiger partial charge >= 0.3 is 5.97 Å². The van der Waals surface area contributed by atoms with Crippen LogP contribution in [0, 0.1) is 10.1 Å². The number of esters is 1. The molecule has 3 rings (SSSR count). The van der Waals surface area contributed by atoms with Crippen molar-refractivity contribution in [2.24, 2.45) is 0 Å². The zero-order valence-corrected chi connectivity index (χ0v) is 16.8. The van der Waals surface area contributed by atoms with Gasteiger partial charge in [0, 0.05) is 18.2 Å². The maximum absolute atomic E-state index is 12.2. The molecule has 0 spiro atoms. The number of hydrogen-bond donors (Lipinski definition) is 2. The molecule has 158 valence electrons. The second-order valence-corrected chi connectivity index (χ2v) is 7.48. The van der Waals surface area contributed by atoms with Crippen LogP contribution in [0.25, 0.3) is 0 Å². The Labute approximate surface area is 174 Å². The monoisotopic (exact) mass is 411 g/mol. The van der Waals surface area contributed by atoms with Gasteiger partial charge in [0.15, 0.2) is 6.61 Å². The van der Waals surface area contributed by atoms with E-state index in [0.717, 1.165) is 25.7 Å². The zero-order valence-electron chi connectivity index (χ0n) is 16.8. The summed E-state index contributed by atoms with van der Waals surface area (Å²) < 4.78 is 5.03. The van der Waals surface area contributed by atoms with Crippen LogP contribution < -0.4 is 10.6 Å². The normalized spacial score (nSPS) is 13.9. The van der Waals surface area contributed by atoms with Gasteiger partial charge in [0.2, 0.25) is 0 Å². The molecule has 0 radical (unpaired) electrons. The summed E-state index contributed by atoms with van der Waals surface area (Å²) >= 11 is 0. The second-order valence-electron chi connectivity index (χ2n) is 7.48. The maximum atomic E-state index is 12.2. The first-order valence-electron chi connectivity index (χ1n) is 9.98. The van der Waals surface area contributed by atoms with Crippen LogP contribution in [0.4, 0.5) is 11.4 Å². The molecule has 2 aromatic rings. The number of aryl methyl sites for hydroxylation is 1. The van der Waals surface area contributed by atoms with Crippen LogP contribution in [0.3, 0.4) is 0 Å². The van der Waals surface area contributed by atoms with Crippen LogP contribution in [-0.4, -0.2) is 35.5 Å². The number of nitro benzene ring substituents is 1. The molecule has 0 aromatic heterocycles. The summed E-state index contributed by atoms with van der Waals surface area (Å²) in [6.45, 7) is 1.45. The molecular weight excluding hydrogens is 386 g/mol. The Kier molecular flexibility index (Phi) is 7.00. The molecule has 1 amide bonds. The average molecular weight is 411 g/mol. The third-order valence-electron chi connectivity index (χ3n) is 4.82. The Morgan fingerprint density at radius 1 is 1.20 bits per heavy atom. The van der Waals surface area contributed by atoms with Gasteiger partial charge in [0.25, 0.3) is 11.6 Å². The van der Waals surface area contributed by atoms with E-state index in [0.29, 0.717) is 5.69 Å². The van der Waals surface area contributed by atoms with E-state index in [9.17, 15) is 19.7 Å². The van der Waals surface area contributed by atoms with Crippen LogP contribution in [0.2, 0.25) is 0 Å². The molecule has 1 aliphatic rings. The van der Waals surface area contributed by atoms with Crippen LogP contribution in [0.5, 0.6) is 0 Å². The molecule has 0 saturated heterocycles. The number of ether oxygens (including phenoxy) is 1. The minimum Gasteiger partial charge on any atom is -0.452 e. The van der Waals surface area contributed by atoms with E-state index < -0.39 is 23.4 Å². The number of nitrogens with zero attached hydrogens (tertiary/aromatic N) is 1. The van der Waals surface area contributed by atoms with E-state index in [4.69, 9.17) is 4.74 Å². The fourth-order valence-electron chi connectivity index (χ4n) is 3.01. The topological polar surface area (TPSA) is 111 Å². The predicted molar refractivity (Wildman–Crippen MR) is 112 cm³/mol. The van der Waals surface area contributed by atoms with Crippen LogP contribution >= 0.6 is 0 Å². The lowest BCUT2D eigenvalue weighted by atomic mass is 10.1. The summed E-state index contributed by atoms with van der Waals surface area (Å²) in [5.74, 6) is -1.19. The lowest BCUT2D eigenvalue weighted by molar-refractivity contribution is -0.384. The predicted octanol–water partition coefficient (Wildman–Crippen LogP) is 3.46. The Morgan fingerprint density at radius 2 is 1.93 bits per heavy atom. The molecule has 8 heteroatoms. The number of rotatable bonds is 10. The first kappa shape index (κ1) is 21.3. The number of nitrogens with one attached hydrogen (secondary N) is 2. The molecule has 0 bridgehead atoms. The number of benzene rings is 2. The maximum Gasteiger partial charge on any atom is 0.338 e. The highest BCUT2D eigenvalue weighted by molar-refractivity contribution is 5.93. The van der Waals surface area contributed by atoms with Gasteiger partial charge in [-0.25, -0.2) is 4.79 Å². The first-order chi connectivity index (χ1) is 14.4. The molecule has 1 aliphatic carbocycles. The van der Waals surface area contributed by atoms with Crippen molar-refractivity contribution in [1.29, 1.82) is 0 Å². The smallest absolute Gasteiger partial charge is 0.338 e. The van der Waals surface area contributed by atoms with E-state index in [2.05, 4.69) is 10.6 Å². The SMILES string of the molecule is C[C@H](CCc1ccccc1)NC(=O)COC(=O)c1ccc(NC2CC2)c([N+](=O)[O-])c1. The molecule has 8 nitrogen and oxygen atoms in total. The highest BCUT2D eigenvalue weighted by atomic mass is 16.6. The lowest BCUT2D eigenvalue weighted by Crippen LogP contribution is -2.36. The highest BCUT2D eigenvalue weighted by Crippen LogP contribution is 2.31. The van der Waals surface area contributed by atoms with Gasteiger partial charge in [-0.05, 0) is 50.3 Å². The van der Waals surface area contributed by atoms with Gasteiger partial charge in [-0.1, -0.05) is 30.3 Å². The van der Waals surface area contributed by atoms with Crippen LogP contribution in [0.15, 0.2) is 48.5 Å². The average Bonchev–Trinajstić information content (AvgIpc) is 3.55. The fraction of sp³-hybridized carbons (Fsp3) is 0.364. The summed E-state index contributed by atoms with van der Waals surface area (Å²) in [4.78, 5) is 35.0. The number of carbonyl (C=O) groups is 2. The molecule has 0 unspecified atom stereocenters. The molecule has 0 heterocycles. The molecule has 1 atom stereocenters. The summed E-state index contributed by atoms with van der Waals surface area (Å²) in [5, 5.41) is 17.2. The molecule has 2 N–H and O–H groups in total. The van der Waals surface area contributed by atoms with E-state index in [1.165, 1.54) is 23.8 Å². The second kappa shape index (κ2) is 9.87. The third kappa shape index (κ3) is 6.30. The highest BCUT2D eigenvalue weighted by Gasteiger charge is 2.26. The van der Waals surface area contributed by atoms with E-state index in [1.54, 1.807) is 0 Å². The number of anilines is 1. The zero-order chi connectivity index (χ0) is 21.5. The Morgan fingerprint density at radius 3 is 2.60 bits per heavy atom. The van der Waals surface area contributed by atoms with Crippen molar-refractivity contribution < 1.29 is 19.2 Å². The van der Waals surface area contributed by atoms with Crippen molar-refractivity contribution in [2.75, 3.05) is 11.9 Å². The van der Waals surface area contributed by atoms with Gasteiger partial charge < -0.3 is 15.4 Å². The number of hydrogen-bond acceptors (Lipinski definition) is 6. The number of amides is 1. The van der Waals surface area contributed by atoms with Gasteiger partial charge in [0.1, 0.15) is 5.69 Å². The minimum atomic E-state index is -0.775. The van der Waals surface area contributed by atoms with Crippen LogP contribution in [0.1, 0.15) is 42.1 Å². The van der Waals surface area contributed by atoms with Crippen molar-refractivity contribution in [3.8, 4) is 0 Å². The van der Waals surface area contributed by atoms with E-state index >= 15 is 0 Å². The van der Waals surface area contributed by atoms with Crippen molar-refractivity contribution in [1.82, 2.24) is 5.32 Å². The van der Waals surface area contributed by atoms with E-state index in [1.807, 2.05) is 37.3 Å². The summed E-state index contributed by atoms with van der Waals surface area (Å²) in [6, 6.07) is 14.2. The molecule has 1 saturated carbocycles. The largest absolute Gasteiger partial charge is 0.452 e. The van der Waals surface area contributed by atoms with Crippen molar-refractivity contribution in [2.45, 2.75) is 44.7 Å². The Balaban J connectivity index is 1.47. The summed E-state index contributed by atoms with van der Waals surface area (Å²) in [5.41, 5.74) is 1.42. The summed E-state index contributed by atoms with van der Waals surface area (Å²) in [6.07, 6.45) is 3.53. The minimum absolute atomic E-state index is 0.0352. The van der Waals surface area contributed by atoms with Crippen molar-refractivity contribution in [3.05, 3.63) is 69.8 Å². The molecule has 2 aromatic carbocycles. The Bertz CT molecular complexity index is 912. The first-order valence-corrected chi connectivity index (χ1v) is 9.98. The molecule has 30 heavy (non-hydrogen) atoms. The molecular formula is C22H25N3O5. The van der Waals surface area contributed by atoms with Gasteiger partial charge in [-0.15, -0.1) is 0 Å². The summed E-state index contributed by atoms with van der Waals surface area (Å²) in [7, 11) is 0.